The standard InChI is InChI=1S/C11H4F5NO2/c12-5-6(13)8(15)10(9(16)7(5)14)17-11(18)4-2-1-3-19-4/h1-3H,(H,17,18). The second kappa shape index (κ2) is 4.71. The van der Waals surface area contributed by atoms with Crippen LogP contribution >= 0.6 is 0 Å². The van der Waals surface area contributed by atoms with Crippen molar-refractivity contribution in [1.29, 1.82) is 0 Å². The van der Waals surface area contributed by atoms with Crippen LogP contribution in [0.25, 0.3) is 0 Å². The summed E-state index contributed by atoms with van der Waals surface area (Å²) in [5.74, 6) is -12.3. The van der Waals surface area contributed by atoms with Gasteiger partial charge in [-0.15, -0.1) is 0 Å². The number of benzene rings is 1. The highest BCUT2D eigenvalue weighted by atomic mass is 19.2. The molecule has 1 heterocycles. The summed E-state index contributed by atoms with van der Waals surface area (Å²) in [4.78, 5) is 11.4. The van der Waals surface area contributed by atoms with Crippen molar-refractivity contribution in [2.75, 3.05) is 5.32 Å². The molecule has 0 saturated carbocycles. The van der Waals surface area contributed by atoms with Gasteiger partial charge in [-0.25, -0.2) is 22.0 Å². The van der Waals surface area contributed by atoms with Crippen molar-refractivity contribution >= 4 is 11.6 Å². The van der Waals surface area contributed by atoms with Crippen LogP contribution in [-0.4, -0.2) is 5.91 Å². The number of halogens is 5. The van der Waals surface area contributed by atoms with Gasteiger partial charge in [0.05, 0.1) is 6.26 Å². The van der Waals surface area contributed by atoms with Crippen LogP contribution < -0.4 is 5.32 Å². The van der Waals surface area contributed by atoms with Gasteiger partial charge in [0.2, 0.25) is 5.82 Å². The number of hydrogen-bond acceptors (Lipinski definition) is 2. The van der Waals surface area contributed by atoms with Gasteiger partial charge in [-0.3, -0.25) is 4.79 Å². The van der Waals surface area contributed by atoms with Gasteiger partial charge in [0.25, 0.3) is 5.91 Å². The lowest BCUT2D eigenvalue weighted by Gasteiger charge is -2.08. The van der Waals surface area contributed by atoms with Crippen LogP contribution in [0.1, 0.15) is 10.6 Å². The van der Waals surface area contributed by atoms with E-state index in [2.05, 4.69) is 4.42 Å². The van der Waals surface area contributed by atoms with E-state index in [9.17, 15) is 26.7 Å². The van der Waals surface area contributed by atoms with Gasteiger partial charge >= 0.3 is 0 Å². The quantitative estimate of drug-likeness (QED) is 0.520. The van der Waals surface area contributed by atoms with Crippen molar-refractivity contribution in [2.24, 2.45) is 0 Å². The van der Waals surface area contributed by atoms with Gasteiger partial charge in [0.1, 0.15) is 5.69 Å². The molecule has 0 aliphatic rings. The lowest BCUT2D eigenvalue weighted by Crippen LogP contribution is -2.16. The monoisotopic (exact) mass is 277 g/mol. The Morgan fingerprint density at radius 1 is 0.947 bits per heavy atom. The zero-order valence-electron chi connectivity index (χ0n) is 8.94. The largest absolute Gasteiger partial charge is 0.459 e. The number of anilines is 1. The number of hydrogen-bond donors (Lipinski definition) is 1. The summed E-state index contributed by atoms with van der Waals surface area (Å²) in [7, 11) is 0. The first-order valence-corrected chi connectivity index (χ1v) is 4.79. The summed E-state index contributed by atoms with van der Waals surface area (Å²) in [5.41, 5.74) is -1.43. The van der Waals surface area contributed by atoms with Crippen LogP contribution in [0.4, 0.5) is 27.6 Å². The first kappa shape index (κ1) is 13.1. The van der Waals surface area contributed by atoms with Gasteiger partial charge in [0, 0.05) is 0 Å². The van der Waals surface area contributed by atoms with E-state index in [0.717, 1.165) is 12.3 Å². The Morgan fingerprint density at radius 2 is 1.47 bits per heavy atom. The molecule has 0 aliphatic carbocycles. The summed E-state index contributed by atoms with van der Waals surface area (Å²) in [6.45, 7) is 0. The number of rotatable bonds is 2. The number of nitrogens with one attached hydrogen (secondary N) is 1. The summed E-state index contributed by atoms with van der Waals surface area (Å²) < 4.78 is 69.6. The zero-order valence-corrected chi connectivity index (χ0v) is 8.94. The Labute approximate surface area is 102 Å². The molecule has 0 spiro atoms. The topological polar surface area (TPSA) is 42.2 Å². The summed E-state index contributed by atoms with van der Waals surface area (Å²) in [5, 5.41) is 1.56. The third-order valence-electron chi connectivity index (χ3n) is 2.19. The molecule has 19 heavy (non-hydrogen) atoms. The normalized spacial score (nSPS) is 10.6. The third-order valence-corrected chi connectivity index (χ3v) is 2.19. The Kier molecular flexibility index (Phi) is 3.24. The van der Waals surface area contributed by atoms with Crippen molar-refractivity contribution < 1.29 is 31.2 Å². The zero-order chi connectivity index (χ0) is 14.2. The smallest absolute Gasteiger partial charge is 0.291 e. The predicted molar refractivity (Wildman–Crippen MR) is 52.9 cm³/mol. The van der Waals surface area contributed by atoms with Gasteiger partial charge in [-0.05, 0) is 12.1 Å². The van der Waals surface area contributed by atoms with Crippen LogP contribution in [0.5, 0.6) is 0 Å². The molecular formula is C11H4F5NO2. The van der Waals surface area contributed by atoms with Crippen LogP contribution in [0.15, 0.2) is 22.8 Å². The first-order chi connectivity index (χ1) is 8.93. The third kappa shape index (κ3) is 2.16. The van der Waals surface area contributed by atoms with Crippen molar-refractivity contribution in [3.8, 4) is 0 Å². The van der Waals surface area contributed by atoms with Crippen molar-refractivity contribution in [3.05, 3.63) is 53.2 Å². The molecule has 2 aromatic rings. The fraction of sp³-hybridized carbons (Fsp3) is 0. The molecule has 0 bridgehead atoms. The van der Waals surface area contributed by atoms with Crippen molar-refractivity contribution in [3.63, 3.8) is 0 Å². The van der Waals surface area contributed by atoms with Crippen molar-refractivity contribution in [2.45, 2.75) is 0 Å². The highest BCUT2D eigenvalue weighted by molar-refractivity contribution is 6.02. The SMILES string of the molecule is O=C(Nc1c(F)c(F)c(F)c(F)c1F)c1ccco1. The average molecular weight is 277 g/mol. The molecule has 1 aromatic carbocycles. The van der Waals surface area contributed by atoms with E-state index in [0.29, 0.717) is 0 Å². The molecule has 0 fully saturated rings. The molecule has 0 aliphatic heterocycles. The minimum Gasteiger partial charge on any atom is -0.459 e. The molecular weight excluding hydrogens is 273 g/mol. The van der Waals surface area contributed by atoms with Gasteiger partial charge in [0.15, 0.2) is 29.0 Å². The number of amides is 1. The molecule has 3 nitrogen and oxygen atoms in total. The molecule has 0 saturated heterocycles. The molecule has 1 aromatic heterocycles. The van der Waals surface area contributed by atoms with E-state index in [1.54, 1.807) is 5.32 Å². The maximum Gasteiger partial charge on any atom is 0.291 e. The molecule has 0 unspecified atom stereocenters. The second-order valence-corrected chi connectivity index (χ2v) is 3.38. The highest BCUT2D eigenvalue weighted by Gasteiger charge is 2.27. The number of carbonyl (C=O) groups excluding carboxylic acids is 1. The summed E-state index contributed by atoms with van der Waals surface area (Å²) in [6, 6.07) is 2.47. The minimum absolute atomic E-state index is 0.344. The lowest BCUT2D eigenvalue weighted by molar-refractivity contribution is 0.0995. The first-order valence-electron chi connectivity index (χ1n) is 4.79. The Bertz CT molecular complexity index is 610. The number of furan rings is 1. The molecule has 1 amide bonds. The van der Waals surface area contributed by atoms with Crippen LogP contribution in [0.2, 0.25) is 0 Å². The fourth-order valence-corrected chi connectivity index (χ4v) is 1.30. The predicted octanol–water partition coefficient (Wildman–Crippen LogP) is 3.23. The van der Waals surface area contributed by atoms with E-state index in [-0.39, 0.29) is 5.76 Å². The molecule has 0 atom stereocenters. The summed E-state index contributed by atoms with van der Waals surface area (Å²) >= 11 is 0. The minimum atomic E-state index is -2.30. The Hall–Kier alpha value is -2.38. The van der Waals surface area contributed by atoms with Gasteiger partial charge in [-0.2, -0.15) is 0 Å². The van der Waals surface area contributed by atoms with E-state index in [1.165, 1.54) is 6.07 Å². The fourth-order valence-electron chi connectivity index (χ4n) is 1.30. The molecule has 2 rings (SSSR count). The van der Waals surface area contributed by atoms with Gasteiger partial charge in [-0.1, -0.05) is 0 Å². The molecule has 0 radical (unpaired) electrons. The van der Waals surface area contributed by atoms with Crippen molar-refractivity contribution in [1.82, 2.24) is 0 Å². The molecule has 100 valence electrons. The highest BCUT2D eigenvalue weighted by Crippen LogP contribution is 2.27. The van der Waals surface area contributed by atoms with Crippen LogP contribution in [-0.2, 0) is 0 Å². The van der Waals surface area contributed by atoms with E-state index >= 15 is 0 Å². The Balaban J connectivity index is 2.44. The Morgan fingerprint density at radius 3 is 1.95 bits per heavy atom. The molecule has 8 heteroatoms. The van der Waals surface area contributed by atoms with E-state index < -0.39 is 40.7 Å². The maximum absolute atomic E-state index is 13.2. The van der Waals surface area contributed by atoms with Crippen LogP contribution in [0.3, 0.4) is 0 Å². The second-order valence-electron chi connectivity index (χ2n) is 3.38. The molecule has 1 N–H and O–H groups in total. The maximum atomic E-state index is 13.2. The van der Waals surface area contributed by atoms with Crippen LogP contribution in [0, 0.1) is 29.1 Å². The summed E-state index contributed by atoms with van der Waals surface area (Å²) in [6.07, 6.45) is 1.10. The van der Waals surface area contributed by atoms with E-state index in [4.69, 9.17) is 0 Å². The van der Waals surface area contributed by atoms with Gasteiger partial charge < -0.3 is 9.73 Å². The lowest BCUT2D eigenvalue weighted by atomic mass is 10.2. The van der Waals surface area contributed by atoms with E-state index in [1.807, 2.05) is 0 Å². The number of carbonyl (C=O) groups is 1. The average Bonchev–Trinajstić information content (AvgIpc) is 2.93.